The number of nitrogens with zero attached hydrogens (tertiary/aromatic N) is 3. The highest BCUT2D eigenvalue weighted by molar-refractivity contribution is 5.88. The van der Waals surface area contributed by atoms with Gasteiger partial charge in [0.2, 0.25) is 0 Å². The van der Waals surface area contributed by atoms with Gasteiger partial charge >= 0.3 is 12.4 Å². The number of alkyl halides is 6. The fraction of sp³-hybridized carbons (Fsp3) is 0.435. The molecule has 1 aromatic carbocycles. The molecule has 1 aliphatic carbocycles. The first kappa shape index (κ1) is 25.0. The van der Waals surface area contributed by atoms with Crippen molar-refractivity contribution < 1.29 is 31.4 Å². The van der Waals surface area contributed by atoms with Gasteiger partial charge in [-0.15, -0.1) is 0 Å². The number of aliphatic hydroxyl groups is 1. The largest absolute Gasteiger partial charge is 0.417 e. The second kappa shape index (κ2) is 8.21. The minimum absolute atomic E-state index is 0.0490. The zero-order valence-corrected chi connectivity index (χ0v) is 18.9. The number of halogens is 6. The van der Waals surface area contributed by atoms with E-state index in [0.29, 0.717) is 16.8 Å². The van der Waals surface area contributed by atoms with Crippen LogP contribution in [0.2, 0.25) is 0 Å². The maximum atomic E-state index is 13.3. The Kier molecular flexibility index (Phi) is 5.86. The Bertz CT molecular complexity index is 1340. The molecular weight excluding hydrogens is 478 g/mol. The van der Waals surface area contributed by atoms with Gasteiger partial charge in [-0.05, 0) is 38.0 Å². The Morgan fingerprint density at radius 2 is 1.80 bits per heavy atom. The number of nitrogens with one attached hydrogen (secondary N) is 1. The quantitative estimate of drug-likeness (QED) is 0.480. The molecule has 1 saturated carbocycles. The van der Waals surface area contributed by atoms with E-state index in [4.69, 9.17) is 0 Å². The summed E-state index contributed by atoms with van der Waals surface area (Å²) in [5.41, 5.74) is -3.54. The summed E-state index contributed by atoms with van der Waals surface area (Å²) in [5.74, 6) is 0.510. The molecule has 0 spiro atoms. The monoisotopic (exact) mass is 500 g/mol. The minimum atomic E-state index is -4.81. The van der Waals surface area contributed by atoms with E-state index in [1.165, 1.54) is 25.3 Å². The van der Waals surface area contributed by atoms with E-state index in [-0.39, 0.29) is 16.9 Å². The van der Waals surface area contributed by atoms with Crippen LogP contribution in [-0.4, -0.2) is 31.4 Å². The fourth-order valence-electron chi connectivity index (χ4n) is 4.49. The SMILES string of the molecule is Cc1nc(N[C@H](C)c2cccc(C(F)(F)F)c2C)c2cn([C@H]3C[C@@](O)(C(F)(F)F)C3)c(=O)cc2n1. The van der Waals surface area contributed by atoms with E-state index in [1.807, 2.05) is 0 Å². The maximum absolute atomic E-state index is 13.3. The summed E-state index contributed by atoms with van der Waals surface area (Å²) < 4.78 is 80.2. The van der Waals surface area contributed by atoms with Crippen LogP contribution in [0.5, 0.6) is 0 Å². The van der Waals surface area contributed by atoms with Crippen LogP contribution in [0.15, 0.2) is 35.3 Å². The van der Waals surface area contributed by atoms with Crippen LogP contribution < -0.4 is 10.9 Å². The molecule has 1 atom stereocenters. The number of fused-ring (bicyclic) bond motifs is 1. The van der Waals surface area contributed by atoms with Gasteiger partial charge in [0.15, 0.2) is 5.60 Å². The Hall–Kier alpha value is -3.15. The topological polar surface area (TPSA) is 80.0 Å². The molecule has 0 radical (unpaired) electrons. The average Bonchev–Trinajstić information content (AvgIpc) is 2.69. The molecule has 0 amide bonds. The van der Waals surface area contributed by atoms with Crippen molar-refractivity contribution >= 4 is 16.7 Å². The third kappa shape index (κ3) is 4.46. The number of benzene rings is 1. The predicted octanol–water partition coefficient (Wildman–Crippen LogP) is 5.23. The van der Waals surface area contributed by atoms with Gasteiger partial charge in [-0.3, -0.25) is 4.79 Å². The van der Waals surface area contributed by atoms with Crippen molar-refractivity contribution in [2.45, 2.75) is 63.7 Å². The van der Waals surface area contributed by atoms with Gasteiger partial charge in [0.05, 0.1) is 22.5 Å². The first-order valence-electron chi connectivity index (χ1n) is 10.7. The van der Waals surface area contributed by atoms with Crippen LogP contribution in [-0.2, 0) is 6.18 Å². The lowest BCUT2D eigenvalue weighted by atomic mass is 9.75. The Morgan fingerprint density at radius 1 is 1.14 bits per heavy atom. The molecular formula is C23H22F6N4O2. The van der Waals surface area contributed by atoms with Crippen molar-refractivity contribution in [3.63, 3.8) is 0 Å². The molecule has 3 aromatic rings. The van der Waals surface area contributed by atoms with Crippen LogP contribution in [0, 0.1) is 13.8 Å². The van der Waals surface area contributed by atoms with E-state index in [2.05, 4.69) is 15.3 Å². The number of aromatic nitrogens is 3. The van der Waals surface area contributed by atoms with Gasteiger partial charge in [-0.1, -0.05) is 12.1 Å². The second-order valence-corrected chi connectivity index (χ2v) is 8.91. The van der Waals surface area contributed by atoms with Gasteiger partial charge in [-0.2, -0.15) is 26.3 Å². The minimum Gasteiger partial charge on any atom is -0.380 e. The van der Waals surface area contributed by atoms with Crippen LogP contribution in [0.3, 0.4) is 0 Å². The van der Waals surface area contributed by atoms with Crippen molar-refractivity contribution in [1.82, 2.24) is 14.5 Å². The van der Waals surface area contributed by atoms with Crippen molar-refractivity contribution in [3.05, 3.63) is 63.3 Å². The van der Waals surface area contributed by atoms with Gasteiger partial charge in [0.1, 0.15) is 11.6 Å². The molecule has 0 saturated heterocycles. The fourth-order valence-corrected chi connectivity index (χ4v) is 4.49. The van der Waals surface area contributed by atoms with Gasteiger partial charge in [0, 0.05) is 31.1 Å². The molecule has 4 rings (SSSR count). The third-order valence-electron chi connectivity index (χ3n) is 6.44. The van der Waals surface area contributed by atoms with E-state index in [9.17, 15) is 36.2 Å². The predicted molar refractivity (Wildman–Crippen MR) is 116 cm³/mol. The molecule has 2 heterocycles. The standard InChI is InChI=1S/C23H22F6N4O2/c1-11-15(5-4-6-17(11)22(24,25)26)12(2)30-20-16-10-33(14-8-21(35,9-14)23(27,28)29)19(34)7-18(16)31-13(3)32-20/h4-7,10,12,14,35H,8-9H2,1-3H3,(H,30,31,32)/t12-,14-,21-/m1/s1. The Balaban J connectivity index is 1.71. The number of rotatable bonds is 4. The van der Waals surface area contributed by atoms with Crippen molar-refractivity contribution in [2.75, 3.05) is 5.32 Å². The zero-order chi connectivity index (χ0) is 25.9. The van der Waals surface area contributed by atoms with Crippen LogP contribution in [0.4, 0.5) is 32.2 Å². The molecule has 2 aromatic heterocycles. The lowest BCUT2D eigenvalue weighted by Crippen LogP contribution is -2.56. The lowest BCUT2D eigenvalue weighted by Gasteiger charge is -2.44. The Morgan fingerprint density at radius 3 is 2.40 bits per heavy atom. The number of hydrogen-bond acceptors (Lipinski definition) is 5. The molecule has 35 heavy (non-hydrogen) atoms. The van der Waals surface area contributed by atoms with E-state index in [1.54, 1.807) is 19.9 Å². The summed E-state index contributed by atoms with van der Waals surface area (Å²) in [6, 6.07) is 3.52. The molecule has 0 unspecified atom stereocenters. The molecule has 1 fully saturated rings. The summed E-state index contributed by atoms with van der Waals surface area (Å²) in [5, 5.41) is 13.1. The summed E-state index contributed by atoms with van der Waals surface area (Å²) >= 11 is 0. The third-order valence-corrected chi connectivity index (χ3v) is 6.44. The van der Waals surface area contributed by atoms with Crippen LogP contribution in [0.25, 0.3) is 10.9 Å². The molecule has 1 aliphatic rings. The first-order chi connectivity index (χ1) is 16.1. The summed E-state index contributed by atoms with van der Waals surface area (Å²) in [6.45, 7) is 4.60. The van der Waals surface area contributed by atoms with Crippen molar-refractivity contribution in [3.8, 4) is 0 Å². The Labute approximate surface area is 195 Å². The molecule has 0 bridgehead atoms. The zero-order valence-electron chi connectivity index (χ0n) is 18.9. The lowest BCUT2D eigenvalue weighted by molar-refractivity contribution is -0.296. The summed E-state index contributed by atoms with van der Waals surface area (Å²) in [4.78, 5) is 21.1. The van der Waals surface area contributed by atoms with E-state index < -0.39 is 54.0 Å². The molecule has 6 nitrogen and oxygen atoms in total. The highest BCUT2D eigenvalue weighted by Gasteiger charge is 2.61. The van der Waals surface area contributed by atoms with E-state index in [0.717, 1.165) is 10.6 Å². The average molecular weight is 500 g/mol. The second-order valence-electron chi connectivity index (χ2n) is 8.91. The molecule has 0 aliphatic heterocycles. The maximum Gasteiger partial charge on any atom is 0.417 e. The highest BCUT2D eigenvalue weighted by atomic mass is 19.4. The highest BCUT2D eigenvalue weighted by Crippen LogP contribution is 2.50. The first-order valence-corrected chi connectivity index (χ1v) is 10.7. The number of pyridine rings is 1. The summed E-state index contributed by atoms with van der Waals surface area (Å²) in [7, 11) is 0. The van der Waals surface area contributed by atoms with Gasteiger partial charge in [-0.25, -0.2) is 9.97 Å². The van der Waals surface area contributed by atoms with Gasteiger partial charge in [0.25, 0.3) is 5.56 Å². The smallest absolute Gasteiger partial charge is 0.380 e. The molecule has 12 heteroatoms. The van der Waals surface area contributed by atoms with Crippen molar-refractivity contribution in [2.24, 2.45) is 0 Å². The normalized spacial score (nSPS) is 21.6. The van der Waals surface area contributed by atoms with E-state index >= 15 is 0 Å². The number of aryl methyl sites for hydroxylation is 1. The molecule has 2 N–H and O–H groups in total. The molecule has 188 valence electrons. The number of anilines is 1. The summed E-state index contributed by atoms with van der Waals surface area (Å²) in [6.07, 6.45) is -9.34. The van der Waals surface area contributed by atoms with Crippen molar-refractivity contribution in [1.29, 1.82) is 0 Å². The van der Waals surface area contributed by atoms with Crippen LogP contribution >= 0.6 is 0 Å². The number of hydrogen-bond donors (Lipinski definition) is 2. The van der Waals surface area contributed by atoms with Gasteiger partial charge < -0.3 is 15.0 Å². The van der Waals surface area contributed by atoms with Crippen LogP contribution in [0.1, 0.15) is 54.4 Å².